The predicted octanol–water partition coefficient (Wildman–Crippen LogP) is 6.36. The molecule has 0 heterocycles. The molecule has 4 rings (SSSR count). The van der Waals surface area contributed by atoms with E-state index in [0.717, 1.165) is 9.87 Å². The molecule has 45 heavy (non-hydrogen) atoms. The Kier molecular flexibility index (Phi) is 11.5. The van der Waals surface area contributed by atoms with E-state index in [1.165, 1.54) is 30.2 Å². The lowest BCUT2D eigenvalue weighted by molar-refractivity contribution is -0.140. The molecule has 1 atom stereocenters. The van der Waals surface area contributed by atoms with E-state index >= 15 is 0 Å². The minimum atomic E-state index is -4.24. The van der Waals surface area contributed by atoms with Gasteiger partial charge in [-0.2, -0.15) is 0 Å². The number of anilines is 1. The quantitative estimate of drug-likeness (QED) is 0.179. The molecule has 2 amide bonds. The second kappa shape index (κ2) is 15.3. The minimum absolute atomic E-state index is 0.000274. The van der Waals surface area contributed by atoms with E-state index in [-0.39, 0.29) is 29.6 Å². The zero-order valence-electron chi connectivity index (χ0n) is 25.2. The van der Waals surface area contributed by atoms with E-state index in [4.69, 9.17) is 27.9 Å². The smallest absolute Gasteiger partial charge is 0.264 e. The summed E-state index contributed by atoms with van der Waals surface area (Å²) < 4.78 is 34.6. The Morgan fingerprint density at radius 2 is 1.44 bits per heavy atom. The molecule has 236 valence electrons. The number of rotatable bonds is 13. The van der Waals surface area contributed by atoms with Gasteiger partial charge in [-0.3, -0.25) is 13.9 Å². The number of carbonyl (C=O) groups is 2. The highest BCUT2D eigenvalue weighted by Crippen LogP contribution is 2.30. The molecule has 0 aliphatic rings. The zero-order valence-corrected chi connectivity index (χ0v) is 27.5. The van der Waals surface area contributed by atoms with Gasteiger partial charge in [0.1, 0.15) is 18.3 Å². The number of ether oxygens (including phenoxy) is 1. The summed E-state index contributed by atoms with van der Waals surface area (Å²) in [7, 11) is -2.77. The topological polar surface area (TPSA) is 96.0 Å². The van der Waals surface area contributed by atoms with Gasteiger partial charge < -0.3 is 15.0 Å². The molecule has 4 aromatic rings. The molecule has 8 nitrogen and oxygen atoms in total. The van der Waals surface area contributed by atoms with E-state index in [9.17, 15) is 18.0 Å². The van der Waals surface area contributed by atoms with Gasteiger partial charge in [-0.05, 0) is 55.8 Å². The van der Waals surface area contributed by atoms with Crippen molar-refractivity contribution in [3.05, 3.63) is 124 Å². The molecule has 0 spiro atoms. The first kappa shape index (κ1) is 33.8. The Bertz CT molecular complexity index is 1700. The van der Waals surface area contributed by atoms with Crippen molar-refractivity contribution < 1.29 is 22.7 Å². The molecular formula is C34H35Cl2N3O5S. The molecule has 0 saturated heterocycles. The van der Waals surface area contributed by atoms with Gasteiger partial charge >= 0.3 is 0 Å². The fourth-order valence-corrected chi connectivity index (χ4v) is 6.75. The molecule has 11 heteroatoms. The maximum Gasteiger partial charge on any atom is 0.264 e. The summed E-state index contributed by atoms with van der Waals surface area (Å²) in [5.74, 6) is -0.622. The average Bonchev–Trinajstić information content (AvgIpc) is 3.03. The number of amides is 2. The van der Waals surface area contributed by atoms with Crippen LogP contribution in [0.3, 0.4) is 0 Å². The highest BCUT2D eigenvalue weighted by atomic mass is 35.5. The third-order valence-electron chi connectivity index (χ3n) is 7.04. The fourth-order valence-electron chi connectivity index (χ4n) is 4.80. The molecule has 1 unspecified atom stereocenters. The number of hydrogen-bond donors (Lipinski definition) is 1. The third kappa shape index (κ3) is 8.57. The van der Waals surface area contributed by atoms with Gasteiger partial charge in [-0.25, -0.2) is 8.42 Å². The number of hydrogen-bond acceptors (Lipinski definition) is 5. The molecule has 0 radical (unpaired) electrons. The number of benzene rings is 4. The Labute approximate surface area is 274 Å². The van der Waals surface area contributed by atoms with E-state index in [1.807, 2.05) is 44.2 Å². The fraction of sp³-hybridized carbons (Fsp3) is 0.235. The maximum absolute atomic E-state index is 14.5. The van der Waals surface area contributed by atoms with Crippen LogP contribution < -0.4 is 14.4 Å². The molecule has 0 aliphatic carbocycles. The molecule has 0 aliphatic heterocycles. The van der Waals surface area contributed by atoms with Crippen molar-refractivity contribution in [2.45, 2.75) is 43.8 Å². The van der Waals surface area contributed by atoms with Gasteiger partial charge in [0.15, 0.2) is 0 Å². The summed E-state index contributed by atoms with van der Waals surface area (Å²) in [5, 5.41) is 3.54. The molecular weight excluding hydrogens is 633 g/mol. The van der Waals surface area contributed by atoms with Crippen molar-refractivity contribution in [3.63, 3.8) is 0 Å². The summed E-state index contributed by atoms with van der Waals surface area (Å²) in [6, 6.07) is 27.3. The van der Waals surface area contributed by atoms with Crippen LogP contribution in [0.25, 0.3) is 0 Å². The summed E-state index contributed by atoms with van der Waals surface area (Å²) in [6.07, 6.45) is 0.164. The predicted molar refractivity (Wildman–Crippen MR) is 178 cm³/mol. The van der Waals surface area contributed by atoms with Crippen LogP contribution in [0.1, 0.15) is 25.0 Å². The molecule has 1 N–H and O–H groups in total. The van der Waals surface area contributed by atoms with Crippen LogP contribution in [0, 0.1) is 0 Å². The highest BCUT2D eigenvalue weighted by Gasteiger charge is 2.35. The van der Waals surface area contributed by atoms with Crippen LogP contribution in [0.2, 0.25) is 10.0 Å². The molecule has 0 aromatic heterocycles. The van der Waals surface area contributed by atoms with Crippen LogP contribution in [0.4, 0.5) is 5.69 Å². The number of carbonyl (C=O) groups excluding carboxylic acids is 2. The summed E-state index contributed by atoms with van der Waals surface area (Å²) in [5.41, 5.74) is 1.46. The van der Waals surface area contributed by atoms with Crippen molar-refractivity contribution in [2.24, 2.45) is 0 Å². The second-order valence-corrected chi connectivity index (χ2v) is 13.3. The lowest BCUT2D eigenvalue weighted by Crippen LogP contribution is -2.54. The Morgan fingerprint density at radius 3 is 2.04 bits per heavy atom. The molecule has 0 saturated carbocycles. The van der Waals surface area contributed by atoms with Crippen molar-refractivity contribution in [1.29, 1.82) is 0 Å². The van der Waals surface area contributed by atoms with Gasteiger partial charge in [0.2, 0.25) is 11.8 Å². The van der Waals surface area contributed by atoms with Gasteiger partial charge in [0.25, 0.3) is 10.0 Å². The maximum atomic E-state index is 14.5. The van der Waals surface area contributed by atoms with E-state index in [2.05, 4.69) is 5.32 Å². The standard InChI is InChI=1S/C34H35Cl2N3O5S/c1-24(2)37-34(41)32(20-25-12-6-4-7-13-25)38(22-29-30(35)18-11-19-31(29)36)33(40)23-39(26-14-10-15-27(21-26)44-3)45(42,43)28-16-8-5-9-17-28/h4-19,21,24,32H,20,22-23H2,1-3H3,(H,37,41). The van der Waals surface area contributed by atoms with Crippen LogP contribution in [-0.2, 0) is 32.6 Å². The highest BCUT2D eigenvalue weighted by molar-refractivity contribution is 7.92. The Hall–Kier alpha value is -4.05. The monoisotopic (exact) mass is 667 g/mol. The normalized spacial score (nSPS) is 12.0. The molecule has 4 aromatic carbocycles. The summed E-state index contributed by atoms with van der Waals surface area (Å²) in [6.45, 7) is 2.89. The first-order valence-corrected chi connectivity index (χ1v) is 16.5. The third-order valence-corrected chi connectivity index (χ3v) is 9.54. The number of nitrogens with one attached hydrogen (secondary N) is 1. The minimum Gasteiger partial charge on any atom is -0.497 e. The first-order chi connectivity index (χ1) is 21.5. The van der Waals surface area contributed by atoms with Crippen molar-refractivity contribution in [3.8, 4) is 5.75 Å². The number of methoxy groups -OCH3 is 1. The largest absolute Gasteiger partial charge is 0.497 e. The van der Waals surface area contributed by atoms with Crippen LogP contribution >= 0.6 is 23.2 Å². The van der Waals surface area contributed by atoms with Gasteiger partial charge in [-0.15, -0.1) is 0 Å². The SMILES string of the molecule is COc1cccc(N(CC(=O)N(Cc2c(Cl)cccc2Cl)C(Cc2ccccc2)C(=O)NC(C)C)S(=O)(=O)c2ccccc2)c1. The Balaban J connectivity index is 1.85. The molecule has 0 bridgehead atoms. The first-order valence-electron chi connectivity index (χ1n) is 14.3. The average molecular weight is 669 g/mol. The van der Waals surface area contributed by atoms with Gasteiger partial charge in [0.05, 0.1) is 17.7 Å². The summed E-state index contributed by atoms with van der Waals surface area (Å²) >= 11 is 13.1. The number of halogens is 2. The second-order valence-electron chi connectivity index (χ2n) is 10.6. The van der Waals surface area contributed by atoms with Crippen LogP contribution in [-0.4, -0.2) is 50.9 Å². The van der Waals surface area contributed by atoms with Gasteiger partial charge in [-0.1, -0.05) is 83.9 Å². The lowest BCUT2D eigenvalue weighted by atomic mass is 10.0. The van der Waals surface area contributed by atoms with Crippen molar-refractivity contribution in [2.75, 3.05) is 18.0 Å². The van der Waals surface area contributed by atoms with Gasteiger partial charge in [0, 0.05) is 40.7 Å². The van der Waals surface area contributed by atoms with Crippen molar-refractivity contribution in [1.82, 2.24) is 10.2 Å². The van der Waals surface area contributed by atoms with E-state index < -0.39 is 34.4 Å². The van der Waals surface area contributed by atoms with Crippen molar-refractivity contribution >= 4 is 50.7 Å². The molecule has 0 fully saturated rings. The van der Waals surface area contributed by atoms with E-state index in [1.54, 1.807) is 54.6 Å². The summed E-state index contributed by atoms with van der Waals surface area (Å²) in [4.78, 5) is 29.7. The lowest BCUT2D eigenvalue weighted by Gasteiger charge is -2.34. The number of sulfonamides is 1. The zero-order chi connectivity index (χ0) is 32.6. The van der Waals surface area contributed by atoms with Crippen LogP contribution in [0.15, 0.2) is 108 Å². The van der Waals surface area contributed by atoms with Crippen LogP contribution in [0.5, 0.6) is 5.75 Å². The number of nitrogens with zero attached hydrogens (tertiary/aromatic N) is 2. The Morgan fingerprint density at radius 1 is 0.844 bits per heavy atom. The van der Waals surface area contributed by atoms with E-state index in [0.29, 0.717) is 21.4 Å².